The summed E-state index contributed by atoms with van der Waals surface area (Å²) in [6.07, 6.45) is -3.52. The van der Waals surface area contributed by atoms with Crippen molar-refractivity contribution in [3.8, 4) is 11.3 Å². The molecule has 5 nitrogen and oxygen atoms in total. The van der Waals surface area contributed by atoms with Gasteiger partial charge in [0.1, 0.15) is 0 Å². The predicted octanol–water partition coefficient (Wildman–Crippen LogP) is 1.67. The van der Waals surface area contributed by atoms with Crippen LogP contribution < -0.4 is 5.73 Å². The van der Waals surface area contributed by atoms with E-state index in [0.29, 0.717) is 0 Å². The third kappa shape index (κ3) is 1.65. The molecule has 2 aromatic heterocycles. The van der Waals surface area contributed by atoms with Gasteiger partial charge in [-0.2, -0.15) is 18.3 Å². The van der Waals surface area contributed by atoms with Gasteiger partial charge in [-0.3, -0.25) is 5.10 Å². The fourth-order valence-corrected chi connectivity index (χ4v) is 1.10. The minimum Gasteiger partial charge on any atom is -0.381 e. The fourth-order valence-electron chi connectivity index (χ4n) is 1.10. The maximum Gasteiger partial charge on any atom is 0.433 e. The molecule has 0 atom stereocenters. The van der Waals surface area contributed by atoms with Crippen LogP contribution in [0.5, 0.6) is 0 Å². The lowest BCUT2D eigenvalue weighted by atomic mass is 10.2. The van der Waals surface area contributed by atoms with Gasteiger partial charge in [0.2, 0.25) is 0 Å². The lowest BCUT2D eigenvalue weighted by Crippen LogP contribution is -2.07. The molecule has 8 heteroatoms. The normalized spacial score (nSPS) is 11.9. The lowest BCUT2D eigenvalue weighted by Gasteiger charge is -2.03. The Bertz CT molecular complexity index is 473. The molecular weight excluding hydrogens is 213 g/mol. The van der Waals surface area contributed by atoms with E-state index in [1.165, 1.54) is 6.07 Å². The van der Waals surface area contributed by atoms with Crippen molar-refractivity contribution in [3.05, 3.63) is 18.0 Å². The molecule has 0 amide bonds. The molecule has 0 radical (unpaired) electrons. The van der Waals surface area contributed by atoms with E-state index in [0.717, 1.165) is 6.20 Å². The Labute approximate surface area is 81.1 Å². The summed E-state index contributed by atoms with van der Waals surface area (Å²) in [6, 6.07) is 1.19. The number of anilines is 1. The molecule has 0 spiro atoms. The van der Waals surface area contributed by atoms with E-state index in [1.807, 2.05) is 5.10 Å². The molecule has 3 N–H and O–H groups in total. The first-order chi connectivity index (χ1) is 6.98. The van der Waals surface area contributed by atoms with Crippen molar-refractivity contribution in [2.24, 2.45) is 0 Å². The van der Waals surface area contributed by atoms with Crippen molar-refractivity contribution >= 4 is 5.82 Å². The summed E-state index contributed by atoms with van der Waals surface area (Å²) in [5.41, 5.74) is 4.02. The van der Waals surface area contributed by atoms with Gasteiger partial charge >= 0.3 is 6.18 Å². The molecule has 2 aromatic rings. The Morgan fingerprint density at radius 2 is 2.13 bits per heavy atom. The molecule has 15 heavy (non-hydrogen) atoms. The first kappa shape index (κ1) is 9.56. The first-order valence-electron chi connectivity index (χ1n) is 3.81. The largest absolute Gasteiger partial charge is 0.433 e. The molecule has 0 saturated heterocycles. The predicted molar refractivity (Wildman–Crippen MR) is 43.5 cm³/mol. The van der Waals surface area contributed by atoms with Gasteiger partial charge in [-0.05, 0) is 0 Å². The number of nitrogens with zero attached hydrogens (tertiary/aromatic N) is 2. The zero-order valence-corrected chi connectivity index (χ0v) is 7.17. The van der Waals surface area contributed by atoms with Crippen LogP contribution in [0.2, 0.25) is 0 Å². The number of nitrogens with two attached hydrogens (primary N) is 1. The highest BCUT2D eigenvalue weighted by Gasteiger charge is 2.36. The second-order valence-electron chi connectivity index (χ2n) is 2.77. The molecule has 0 aliphatic heterocycles. The molecule has 0 aromatic carbocycles. The third-order valence-electron chi connectivity index (χ3n) is 1.72. The van der Waals surface area contributed by atoms with Crippen molar-refractivity contribution < 1.29 is 17.7 Å². The number of aromatic amines is 1. The Morgan fingerprint density at radius 3 is 2.67 bits per heavy atom. The first-order valence-corrected chi connectivity index (χ1v) is 3.81. The molecule has 0 bridgehead atoms. The summed E-state index contributed by atoms with van der Waals surface area (Å²) in [6.45, 7) is 0. The van der Waals surface area contributed by atoms with Gasteiger partial charge in [-0.25, -0.2) is 0 Å². The highest BCUT2D eigenvalue weighted by atomic mass is 19.4. The minimum atomic E-state index is -4.52. The van der Waals surface area contributed by atoms with E-state index in [2.05, 4.69) is 14.8 Å². The fraction of sp³-hybridized carbons (Fsp3) is 0.143. The average molecular weight is 218 g/mol. The Balaban J connectivity index is 2.50. The summed E-state index contributed by atoms with van der Waals surface area (Å²) in [4.78, 5) is 0. The van der Waals surface area contributed by atoms with Gasteiger partial charge in [0, 0.05) is 6.07 Å². The number of rotatable bonds is 1. The van der Waals surface area contributed by atoms with E-state index in [9.17, 15) is 13.2 Å². The van der Waals surface area contributed by atoms with Gasteiger partial charge in [-0.1, -0.05) is 5.16 Å². The second kappa shape index (κ2) is 3.01. The summed E-state index contributed by atoms with van der Waals surface area (Å²) < 4.78 is 41.8. The van der Waals surface area contributed by atoms with Crippen LogP contribution in [0.25, 0.3) is 11.3 Å². The van der Waals surface area contributed by atoms with Crippen molar-refractivity contribution in [2.45, 2.75) is 6.18 Å². The van der Waals surface area contributed by atoms with Gasteiger partial charge in [0.05, 0.1) is 11.8 Å². The number of nitrogen functional groups attached to an aromatic ring is 1. The zero-order valence-electron chi connectivity index (χ0n) is 7.17. The Hall–Kier alpha value is -1.99. The van der Waals surface area contributed by atoms with Crippen LogP contribution in [0.1, 0.15) is 5.69 Å². The monoisotopic (exact) mass is 218 g/mol. The Kier molecular flexibility index (Phi) is 1.92. The summed E-state index contributed by atoms with van der Waals surface area (Å²) in [5.74, 6) is -0.0621. The van der Waals surface area contributed by atoms with Crippen molar-refractivity contribution in [1.82, 2.24) is 15.4 Å². The Morgan fingerprint density at radius 1 is 1.40 bits per heavy atom. The lowest BCUT2D eigenvalue weighted by molar-refractivity contribution is -0.140. The quantitative estimate of drug-likeness (QED) is 0.762. The van der Waals surface area contributed by atoms with Crippen LogP contribution in [0.15, 0.2) is 16.8 Å². The standard InChI is InChI=1S/C7H5F3N4O/c8-7(9,10)6-3(2-12-13-6)4-1-5(11)14-15-4/h1-2H,(H2,11,14)(H,12,13). The minimum absolute atomic E-state index is 0.0133. The number of alkyl halides is 3. The smallest absolute Gasteiger partial charge is 0.381 e. The maximum absolute atomic E-state index is 12.4. The molecule has 2 heterocycles. The summed E-state index contributed by atoms with van der Waals surface area (Å²) >= 11 is 0. The van der Waals surface area contributed by atoms with Gasteiger partial charge < -0.3 is 10.3 Å². The number of halogens is 3. The summed E-state index contributed by atoms with van der Waals surface area (Å²) in [7, 11) is 0. The topological polar surface area (TPSA) is 80.7 Å². The van der Waals surface area contributed by atoms with Crippen molar-refractivity contribution in [3.63, 3.8) is 0 Å². The van der Waals surface area contributed by atoms with Gasteiger partial charge in [0.15, 0.2) is 17.3 Å². The van der Waals surface area contributed by atoms with E-state index < -0.39 is 11.9 Å². The second-order valence-corrected chi connectivity index (χ2v) is 2.77. The SMILES string of the molecule is Nc1cc(-c2cn[nH]c2C(F)(F)F)on1. The number of nitrogens with one attached hydrogen (secondary N) is 1. The number of aromatic nitrogens is 3. The van der Waals surface area contributed by atoms with Crippen LogP contribution in [-0.2, 0) is 6.18 Å². The molecular formula is C7H5F3N4O. The summed E-state index contributed by atoms with van der Waals surface area (Å²) in [5, 5.41) is 8.44. The third-order valence-corrected chi connectivity index (χ3v) is 1.72. The zero-order chi connectivity index (χ0) is 11.1. The van der Waals surface area contributed by atoms with E-state index in [4.69, 9.17) is 5.73 Å². The van der Waals surface area contributed by atoms with E-state index >= 15 is 0 Å². The molecule has 0 saturated carbocycles. The molecule has 0 fully saturated rings. The van der Waals surface area contributed by atoms with Gasteiger partial charge in [0.25, 0.3) is 0 Å². The van der Waals surface area contributed by atoms with E-state index in [-0.39, 0.29) is 17.1 Å². The molecule has 0 aliphatic carbocycles. The van der Waals surface area contributed by atoms with Crippen LogP contribution in [0, 0.1) is 0 Å². The van der Waals surface area contributed by atoms with Crippen molar-refractivity contribution in [2.75, 3.05) is 5.73 Å². The van der Waals surface area contributed by atoms with Crippen LogP contribution in [0.3, 0.4) is 0 Å². The van der Waals surface area contributed by atoms with Crippen LogP contribution in [0.4, 0.5) is 19.0 Å². The number of H-pyrrole nitrogens is 1. The average Bonchev–Trinajstić information content (AvgIpc) is 2.68. The van der Waals surface area contributed by atoms with Gasteiger partial charge in [-0.15, -0.1) is 0 Å². The molecule has 0 unspecified atom stereocenters. The molecule has 0 aliphatic rings. The van der Waals surface area contributed by atoms with Crippen LogP contribution >= 0.6 is 0 Å². The highest BCUT2D eigenvalue weighted by Crippen LogP contribution is 2.35. The molecule has 2 rings (SSSR count). The maximum atomic E-state index is 12.4. The molecule has 80 valence electrons. The number of hydrogen-bond donors (Lipinski definition) is 2. The van der Waals surface area contributed by atoms with E-state index in [1.54, 1.807) is 0 Å². The highest BCUT2D eigenvalue weighted by molar-refractivity contribution is 5.62. The van der Waals surface area contributed by atoms with Crippen LogP contribution in [-0.4, -0.2) is 15.4 Å². The number of hydrogen-bond acceptors (Lipinski definition) is 4. The van der Waals surface area contributed by atoms with Crippen molar-refractivity contribution in [1.29, 1.82) is 0 Å².